The first-order valence-corrected chi connectivity index (χ1v) is 4.27. The molecule has 0 aromatic carbocycles. The van der Waals surface area contributed by atoms with E-state index in [0.717, 1.165) is 0 Å². The van der Waals surface area contributed by atoms with E-state index in [0.29, 0.717) is 18.2 Å². The van der Waals surface area contributed by atoms with Gasteiger partial charge in [0.15, 0.2) is 0 Å². The highest BCUT2D eigenvalue weighted by Gasteiger charge is 2.31. The van der Waals surface area contributed by atoms with Crippen molar-refractivity contribution in [2.75, 3.05) is 0 Å². The highest BCUT2D eigenvalue weighted by atomic mass is 16.5. The van der Waals surface area contributed by atoms with Crippen LogP contribution in [-0.4, -0.2) is 18.2 Å². The summed E-state index contributed by atoms with van der Waals surface area (Å²) in [5.41, 5.74) is 5.86. The molecule has 58 valence electrons. The molecule has 2 bridgehead atoms. The standard InChI is InChI=1S/C8H15NO/c9-7-5-4-6-2-1-3-8(7)10-6/h6-8H,1-5,9H2/t6-,7+,8+/m1/s1. The molecule has 10 heavy (non-hydrogen) atoms. The van der Waals surface area contributed by atoms with Gasteiger partial charge in [-0.15, -0.1) is 0 Å². The molecule has 2 heterocycles. The smallest absolute Gasteiger partial charge is 0.0729 e. The fourth-order valence-electron chi connectivity index (χ4n) is 2.02. The third kappa shape index (κ3) is 1.06. The molecule has 0 amide bonds. The predicted octanol–water partition coefficient (Wildman–Crippen LogP) is 1.05. The molecule has 0 radical (unpaired) electrons. The minimum atomic E-state index is 0.330. The Kier molecular flexibility index (Phi) is 1.66. The summed E-state index contributed by atoms with van der Waals surface area (Å²) in [6.45, 7) is 0. The van der Waals surface area contributed by atoms with Crippen molar-refractivity contribution in [1.82, 2.24) is 0 Å². The molecule has 2 saturated heterocycles. The van der Waals surface area contributed by atoms with E-state index in [9.17, 15) is 0 Å². The van der Waals surface area contributed by atoms with Gasteiger partial charge in [-0.1, -0.05) is 0 Å². The largest absolute Gasteiger partial charge is 0.373 e. The SMILES string of the molecule is N[C@H]1CC[C@H]2CCC[C@@H]1O2. The molecule has 0 unspecified atom stereocenters. The third-order valence-corrected chi connectivity index (χ3v) is 2.68. The molecule has 2 rings (SSSR count). The van der Waals surface area contributed by atoms with Gasteiger partial charge in [0, 0.05) is 6.04 Å². The van der Waals surface area contributed by atoms with Gasteiger partial charge in [-0.3, -0.25) is 0 Å². The highest BCUT2D eigenvalue weighted by Crippen LogP contribution is 2.29. The van der Waals surface area contributed by atoms with Crippen molar-refractivity contribution in [1.29, 1.82) is 0 Å². The van der Waals surface area contributed by atoms with Gasteiger partial charge in [0.05, 0.1) is 12.2 Å². The van der Waals surface area contributed by atoms with Gasteiger partial charge in [0.25, 0.3) is 0 Å². The zero-order valence-electron chi connectivity index (χ0n) is 6.25. The molecule has 0 aromatic heterocycles. The Morgan fingerprint density at radius 3 is 2.80 bits per heavy atom. The highest BCUT2D eigenvalue weighted by molar-refractivity contribution is 4.85. The zero-order chi connectivity index (χ0) is 6.97. The summed E-state index contributed by atoms with van der Waals surface area (Å²) in [5.74, 6) is 0. The summed E-state index contributed by atoms with van der Waals surface area (Å²) in [6.07, 6.45) is 7.10. The van der Waals surface area contributed by atoms with Gasteiger partial charge >= 0.3 is 0 Å². The molecule has 2 aliphatic rings. The van der Waals surface area contributed by atoms with E-state index in [1.165, 1.54) is 32.1 Å². The normalized spacial score (nSPS) is 47.1. The summed E-state index contributed by atoms with van der Waals surface area (Å²) >= 11 is 0. The van der Waals surface area contributed by atoms with Crippen LogP contribution in [-0.2, 0) is 4.74 Å². The van der Waals surface area contributed by atoms with E-state index < -0.39 is 0 Å². The van der Waals surface area contributed by atoms with Crippen LogP contribution in [0.15, 0.2) is 0 Å². The lowest BCUT2D eigenvalue weighted by Crippen LogP contribution is -2.46. The summed E-state index contributed by atoms with van der Waals surface area (Å²) < 4.78 is 5.71. The number of fused-ring (bicyclic) bond motifs is 2. The molecule has 0 aromatic rings. The summed E-state index contributed by atoms with van der Waals surface area (Å²) in [5, 5.41) is 0. The average Bonchev–Trinajstić information content (AvgIpc) is 1.99. The maximum Gasteiger partial charge on any atom is 0.0729 e. The molecule has 3 atom stereocenters. The van der Waals surface area contributed by atoms with Crippen molar-refractivity contribution in [2.24, 2.45) is 5.73 Å². The average molecular weight is 141 g/mol. The Morgan fingerprint density at radius 1 is 1.10 bits per heavy atom. The molecular formula is C8H15NO. The second-order valence-corrected chi connectivity index (χ2v) is 3.47. The fraction of sp³-hybridized carbons (Fsp3) is 1.00. The molecule has 2 fully saturated rings. The van der Waals surface area contributed by atoms with Gasteiger partial charge in [0.1, 0.15) is 0 Å². The van der Waals surface area contributed by atoms with Crippen molar-refractivity contribution >= 4 is 0 Å². The van der Waals surface area contributed by atoms with Crippen molar-refractivity contribution in [2.45, 2.75) is 50.4 Å². The summed E-state index contributed by atoms with van der Waals surface area (Å²) in [4.78, 5) is 0. The first-order valence-electron chi connectivity index (χ1n) is 4.27. The minimum Gasteiger partial charge on any atom is -0.373 e. The molecule has 2 heteroatoms. The number of rotatable bonds is 0. The quantitative estimate of drug-likeness (QED) is 0.547. The molecule has 2 N–H and O–H groups in total. The van der Waals surface area contributed by atoms with E-state index in [1.54, 1.807) is 0 Å². The lowest BCUT2D eigenvalue weighted by atomic mass is 9.89. The first-order chi connectivity index (χ1) is 4.86. The fourth-order valence-corrected chi connectivity index (χ4v) is 2.02. The van der Waals surface area contributed by atoms with Crippen LogP contribution in [0.1, 0.15) is 32.1 Å². The molecule has 2 nitrogen and oxygen atoms in total. The van der Waals surface area contributed by atoms with Gasteiger partial charge < -0.3 is 10.5 Å². The Balaban J connectivity index is 2.00. The molecule has 2 aliphatic heterocycles. The Morgan fingerprint density at radius 2 is 2.00 bits per heavy atom. The van der Waals surface area contributed by atoms with Crippen LogP contribution >= 0.6 is 0 Å². The van der Waals surface area contributed by atoms with Crippen LogP contribution in [0.4, 0.5) is 0 Å². The number of hydrogen-bond acceptors (Lipinski definition) is 2. The Hall–Kier alpha value is -0.0800. The number of nitrogens with two attached hydrogens (primary N) is 1. The van der Waals surface area contributed by atoms with Gasteiger partial charge in [0.2, 0.25) is 0 Å². The second-order valence-electron chi connectivity index (χ2n) is 3.47. The molecular weight excluding hydrogens is 126 g/mol. The topological polar surface area (TPSA) is 35.2 Å². The minimum absolute atomic E-state index is 0.330. The Bertz CT molecular complexity index is 124. The second kappa shape index (κ2) is 2.51. The van der Waals surface area contributed by atoms with Crippen LogP contribution in [0.25, 0.3) is 0 Å². The van der Waals surface area contributed by atoms with E-state index in [2.05, 4.69) is 0 Å². The molecule has 0 spiro atoms. The Labute approximate surface area is 61.7 Å². The molecule has 0 aliphatic carbocycles. The van der Waals surface area contributed by atoms with Gasteiger partial charge in [-0.25, -0.2) is 0 Å². The maximum absolute atomic E-state index is 5.86. The maximum atomic E-state index is 5.86. The van der Waals surface area contributed by atoms with Gasteiger partial charge in [-0.05, 0) is 32.1 Å². The van der Waals surface area contributed by atoms with Crippen LogP contribution in [0.5, 0.6) is 0 Å². The summed E-state index contributed by atoms with van der Waals surface area (Å²) in [7, 11) is 0. The first kappa shape index (κ1) is 6.62. The number of hydrogen-bond donors (Lipinski definition) is 1. The lowest BCUT2D eigenvalue weighted by Gasteiger charge is -2.38. The van der Waals surface area contributed by atoms with Crippen molar-refractivity contribution < 1.29 is 4.74 Å². The van der Waals surface area contributed by atoms with Crippen LogP contribution < -0.4 is 5.73 Å². The van der Waals surface area contributed by atoms with Crippen LogP contribution in [0.3, 0.4) is 0 Å². The van der Waals surface area contributed by atoms with Crippen molar-refractivity contribution in [3.8, 4) is 0 Å². The van der Waals surface area contributed by atoms with E-state index >= 15 is 0 Å². The third-order valence-electron chi connectivity index (χ3n) is 2.68. The van der Waals surface area contributed by atoms with Crippen molar-refractivity contribution in [3.05, 3.63) is 0 Å². The predicted molar refractivity (Wildman–Crippen MR) is 39.7 cm³/mol. The van der Waals surface area contributed by atoms with Crippen LogP contribution in [0.2, 0.25) is 0 Å². The van der Waals surface area contributed by atoms with E-state index in [4.69, 9.17) is 10.5 Å². The monoisotopic (exact) mass is 141 g/mol. The zero-order valence-corrected chi connectivity index (χ0v) is 6.25. The van der Waals surface area contributed by atoms with Gasteiger partial charge in [-0.2, -0.15) is 0 Å². The van der Waals surface area contributed by atoms with E-state index in [1.807, 2.05) is 0 Å². The lowest BCUT2D eigenvalue weighted by molar-refractivity contribution is -0.0925. The van der Waals surface area contributed by atoms with Crippen molar-refractivity contribution in [3.63, 3.8) is 0 Å². The molecule has 0 saturated carbocycles. The van der Waals surface area contributed by atoms with Crippen LogP contribution in [0, 0.1) is 0 Å². The number of ether oxygens (including phenoxy) is 1. The van der Waals surface area contributed by atoms with E-state index in [-0.39, 0.29) is 0 Å². The summed E-state index contributed by atoms with van der Waals surface area (Å²) in [6, 6.07) is 0.330.